The van der Waals surface area contributed by atoms with Gasteiger partial charge in [0.1, 0.15) is 12.4 Å². The van der Waals surface area contributed by atoms with Crippen LogP contribution in [0.15, 0.2) is 39.9 Å². The summed E-state index contributed by atoms with van der Waals surface area (Å²) in [6.07, 6.45) is 0.696. The zero-order chi connectivity index (χ0) is 15.7. The molecule has 0 aliphatic rings. The maximum absolute atomic E-state index is 12.1. The molecule has 0 saturated heterocycles. The zero-order valence-corrected chi connectivity index (χ0v) is 12.1. The Morgan fingerprint density at radius 1 is 1.23 bits per heavy atom. The van der Waals surface area contributed by atoms with Gasteiger partial charge in [0.25, 0.3) is 5.56 Å². The Labute approximate surface area is 125 Å². The van der Waals surface area contributed by atoms with Gasteiger partial charge in [0.05, 0.1) is 0 Å². The average Bonchev–Trinajstić information content (AvgIpc) is 2.91. The van der Waals surface area contributed by atoms with Crippen molar-refractivity contribution < 1.29 is 5.11 Å². The molecule has 0 aliphatic carbocycles. The fourth-order valence-electron chi connectivity index (χ4n) is 2.53. The summed E-state index contributed by atoms with van der Waals surface area (Å²) < 4.78 is 2.94. The Balaban J connectivity index is 2.10. The number of hydrogen-bond acceptors (Lipinski definition) is 4. The summed E-state index contributed by atoms with van der Waals surface area (Å²) in [5, 5.41) is 9.48. The van der Waals surface area contributed by atoms with Gasteiger partial charge in [0, 0.05) is 13.6 Å². The third kappa shape index (κ3) is 2.35. The molecule has 22 heavy (non-hydrogen) atoms. The first-order chi connectivity index (χ1) is 10.6. The van der Waals surface area contributed by atoms with Crippen molar-refractivity contribution in [2.45, 2.75) is 19.6 Å². The lowest BCUT2D eigenvalue weighted by Gasteiger charge is -2.07. The number of aromatic amines is 1. The van der Waals surface area contributed by atoms with Crippen LogP contribution in [0.4, 0.5) is 0 Å². The lowest BCUT2D eigenvalue weighted by atomic mass is 10.1. The highest BCUT2D eigenvalue weighted by Crippen LogP contribution is 2.12. The molecule has 0 atom stereocenters. The lowest BCUT2D eigenvalue weighted by molar-refractivity contribution is 0.266. The molecule has 3 rings (SSSR count). The van der Waals surface area contributed by atoms with Crippen molar-refractivity contribution >= 4 is 11.2 Å². The highest BCUT2D eigenvalue weighted by Gasteiger charge is 2.16. The van der Waals surface area contributed by atoms with Crippen LogP contribution in [0.1, 0.15) is 11.4 Å². The van der Waals surface area contributed by atoms with E-state index in [-0.39, 0.29) is 12.3 Å². The van der Waals surface area contributed by atoms with E-state index >= 15 is 0 Å². The molecule has 0 unspecified atom stereocenters. The second-order valence-corrected chi connectivity index (χ2v) is 5.06. The fraction of sp³-hybridized carbons (Fsp3) is 0.267. The predicted octanol–water partition coefficient (Wildman–Crippen LogP) is 0.158. The molecule has 2 N–H and O–H groups in total. The van der Waals surface area contributed by atoms with Crippen LogP contribution in [0.5, 0.6) is 0 Å². The van der Waals surface area contributed by atoms with E-state index in [0.717, 1.165) is 5.56 Å². The first-order valence-electron chi connectivity index (χ1n) is 6.95. The average molecular weight is 300 g/mol. The number of aliphatic hydroxyl groups excluding tert-OH is 1. The van der Waals surface area contributed by atoms with Crippen LogP contribution >= 0.6 is 0 Å². The molecule has 0 saturated carbocycles. The molecule has 0 fully saturated rings. The molecular formula is C15H16N4O3. The van der Waals surface area contributed by atoms with E-state index in [1.165, 1.54) is 11.6 Å². The predicted molar refractivity (Wildman–Crippen MR) is 81.7 cm³/mol. The van der Waals surface area contributed by atoms with Crippen LogP contribution < -0.4 is 11.2 Å². The molecule has 2 aromatic heterocycles. The van der Waals surface area contributed by atoms with E-state index in [2.05, 4.69) is 9.97 Å². The van der Waals surface area contributed by atoms with Gasteiger partial charge >= 0.3 is 5.69 Å². The molecule has 7 nitrogen and oxygen atoms in total. The molecular weight excluding hydrogens is 284 g/mol. The van der Waals surface area contributed by atoms with Gasteiger partial charge in [0.15, 0.2) is 11.2 Å². The molecule has 0 bridgehead atoms. The number of fused-ring (bicyclic) bond motifs is 1. The number of aryl methyl sites for hydroxylation is 3. The zero-order valence-electron chi connectivity index (χ0n) is 12.1. The lowest BCUT2D eigenvalue weighted by Crippen LogP contribution is -2.29. The quantitative estimate of drug-likeness (QED) is 0.718. The van der Waals surface area contributed by atoms with Gasteiger partial charge in [-0.15, -0.1) is 0 Å². The van der Waals surface area contributed by atoms with Crippen LogP contribution in [-0.2, 0) is 26.6 Å². The van der Waals surface area contributed by atoms with Crippen molar-refractivity contribution in [2.24, 2.45) is 7.05 Å². The van der Waals surface area contributed by atoms with Crippen molar-refractivity contribution in [2.75, 3.05) is 0 Å². The summed E-state index contributed by atoms with van der Waals surface area (Å²) >= 11 is 0. The van der Waals surface area contributed by atoms with Crippen molar-refractivity contribution in [3.8, 4) is 0 Å². The Morgan fingerprint density at radius 3 is 2.64 bits per heavy atom. The number of aromatic nitrogens is 4. The summed E-state index contributed by atoms with van der Waals surface area (Å²) in [5.74, 6) is 0.373. The van der Waals surface area contributed by atoms with Gasteiger partial charge in [-0.05, 0) is 12.0 Å². The SMILES string of the molecule is Cn1c(=O)[nH]c(=O)c2c1nc(CO)n2CCc1ccccc1. The number of aliphatic hydroxyl groups is 1. The summed E-state index contributed by atoms with van der Waals surface area (Å²) in [6.45, 7) is 0.203. The van der Waals surface area contributed by atoms with Gasteiger partial charge in [-0.25, -0.2) is 9.78 Å². The minimum absolute atomic E-state index is 0.283. The van der Waals surface area contributed by atoms with Gasteiger partial charge in [-0.2, -0.15) is 0 Å². The molecule has 2 heterocycles. The van der Waals surface area contributed by atoms with Gasteiger partial charge in [0.2, 0.25) is 0 Å². The number of benzene rings is 1. The Hall–Kier alpha value is -2.67. The number of H-pyrrole nitrogens is 1. The van der Waals surface area contributed by atoms with E-state index in [0.29, 0.717) is 24.3 Å². The van der Waals surface area contributed by atoms with Crippen LogP contribution in [0.2, 0.25) is 0 Å². The van der Waals surface area contributed by atoms with E-state index in [1.54, 1.807) is 4.57 Å². The maximum Gasteiger partial charge on any atom is 0.329 e. The topological polar surface area (TPSA) is 92.9 Å². The molecule has 0 aliphatic heterocycles. The number of imidazole rings is 1. The minimum Gasteiger partial charge on any atom is -0.388 e. The van der Waals surface area contributed by atoms with Gasteiger partial charge < -0.3 is 9.67 Å². The first-order valence-corrected chi connectivity index (χ1v) is 6.95. The second-order valence-electron chi connectivity index (χ2n) is 5.06. The van der Waals surface area contributed by atoms with Crippen molar-refractivity contribution in [3.63, 3.8) is 0 Å². The van der Waals surface area contributed by atoms with E-state index < -0.39 is 11.2 Å². The summed E-state index contributed by atoms with van der Waals surface area (Å²) in [6, 6.07) is 9.83. The molecule has 1 aromatic carbocycles. The van der Waals surface area contributed by atoms with E-state index in [9.17, 15) is 14.7 Å². The van der Waals surface area contributed by atoms with Gasteiger partial charge in [-0.3, -0.25) is 14.3 Å². The first kappa shape index (κ1) is 14.3. The number of rotatable bonds is 4. The number of nitrogens with zero attached hydrogens (tertiary/aromatic N) is 3. The van der Waals surface area contributed by atoms with Crippen LogP contribution in [0.25, 0.3) is 11.2 Å². The van der Waals surface area contributed by atoms with Crippen LogP contribution in [0.3, 0.4) is 0 Å². The molecule has 0 amide bonds. The van der Waals surface area contributed by atoms with Crippen molar-refractivity contribution in [3.05, 3.63) is 62.6 Å². The minimum atomic E-state index is -0.519. The summed E-state index contributed by atoms with van der Waals surface area (Å²) in [5.41, 5.74) is 0.704. The Bertz CT molecular complexity index is 922. The Morgan fingerprint density at radius 2 is 1.95 bits per heavy atom. The fourth-order valence-corrected chi connectivity index (χ4v) is 2.53. The van der Waals surface area contributed by atoms with E-state index in [4.69, 9.17) is 0 Å². The van der Waals surface area contributed by atoms with Crippen molar-refractivity contribution in [1.82, 2.24) is 19.1 Å². The highest BCUT2D eigenvalue weighted by molar-refractivity contribution is 5.70. The molecule has 0 radical (unpaired) electrons. The normalized spacial score (nSPS) is 11.2. The summed E-state index contributed by atoms with van der Waals surface area (Å²) in [7, 11) is 1.54. The monoisotopic (exact) mass is 300 g/mol. The van der Waals surface area contributed by atoms with Gasteiger partial charge in [-0.1, -0.05) is 30.3 Å². The number of nitrogens with one attached hydrogen (secondary N) is 1. The number of hydrogen-bond donors (Lipinski definition) is 2. The third-order valence-corrected chi connectivity index (χ3v) is 3.69. The smallest absolute Gasteiger partial charge is 0.329 e. The molecule has 0 spiro atoms. The van der Waals surface area contributed by atoms with E-state index in [1.807, 2.05) is 30.3 Å². The van der Waals surface area contributed by atoms with Crippen LogP contribution in [0, 0.1) is 0 Å². The molecule has 3 aromatic rings. The molecule has 7 heteroatoms. The third-order valence-electron chi connectivity index (χ3n) is 3.69. The standard InChI is InChI=1S/C15H16N4O3/c1-18-13-12(14(21)17-15(18)22)19(11(9-20)16-13)8-7-10-5-3-2-4-6-10/h2-6,20H,7-9H2,1H3,(H,17,21,22). The maximum atomic E-state index is 12.1. The Kier molecular flexibility index (Phi) is 3.64. The largest absolute Gasteiger partial charge is 0.388 e. The summed E-state index contributed by atoms with van der Waals surface area (Å²) in [4.78, 5) is 30.2. The molecule has 114 valence electrons. The van der Waals surface area contributed by atoms with Crippen LogP contribution in [-0.4, -0.2) is 24.2 Å². The highest BCUT2D eigenvalue weighted by atomic mass is 16.3. The second kappa shape index (κ2) is 5.61. The van der Waals surface area contributed by atoms with Crippen molar-refractivity contribution in [1.29, 1.82) is 0 Å².